The molecule has 0 amide bonds. The van der Waals surface area contributed by atoms with Gasteiger partial charge in [-0.2, -0.15) is 0 Å². The van der Waals surface area contributed by atoms with Gasteiger partial charge in [0.05, 0.1) is 0 Å². The molecule has 1 atom stereocenters. The first-order valence-electron chi connectivity index (χ1n) is 6.28. The molecule has 0 heterocycles. The molecule has 2 rings (SSSR count). The van der Waals surface area contributed by atoms with Crippen LogP contribution in [0.1, 0.15) is 44.6 Å². The first-order valence-corrected chi connectivity index (χ1v) is 6.28. The number of rotatable bonds is 2. The fourth-order valence-electron chi connectivity index (χ4n) is 2.43. The SMILES string of the molecule is CC(O)(C1=CCCCCC1)c1cccc(F)c1. The van der Waals surface area contributed by atoms with Crippen LogP contribution in [0.25, 0.3) is 0 Å². The van der Waals surface area contributed by atoms with E-state index >= 15 is 0 Å². The van der Waals surface area contributed by atoms with E-state index in [0.717, 1.165) is 24.8 Å². The summed E-state index contributed by atoms with van der Waals surface area (Å²) >= 11 is 0. The van der Waals surface area contributed by atoms with Crippen LogP contribution in [0.15, 0.2) is 35.9 Å². The van der Waals surface area contributed by atoms with Crippen LogP contribution in [0.3, 0.4) is 0 Å². The van der Waals surface area contributed by atoms with Crippen molar-refractivity contribution in [3.63, 3.8) is 0 Å². The highest BCUT2D eigenvalue weighted by molar-refractivity contribution is 5.32. The maximum absolute atomic E-state index is 13.2. The molecule has 2 heteroatoms. The summed E-state index contributed by atoms with van der Waals surface area (Å²) in [6.45, 7) is 1.76. The van der Waals surface area contributed by atoms with Crippen LogP contribution in [-0.4, -0.2) is 5.11 Å². The highest BCUT2D eigenvalue weighted by atomic mass is 19.1. The second kappa shape index (κ2) is 5.01. The van der Waals surface area contributed by atoms with Crippen molar-refractivity contribution in [3.8, 4) is 0 Å². The Labute approximate surface area is 102 Å². The highest BCUT2D eigenvalue weighted by Gasteiger charge is 2.28. The molecular formula is C15H19FO. The molecule has 1 aromatic rings. The minimum absolute atomic E-state index is 0.294. The molecule has 1 unspecified atom stereocenters. The van der Waals surface area contributed by atoms with E-state index in [1.165, 1.54) is 25.0 Å². The molecule has 1 aliphatic carbocycles. The molecule has 1 N–H and O–H groups in total. The molecule has 0 aliphatic heterocycles. The van der Waals surface area contributed by atoms with Gasteiger partial charge < -0.3 is 5.11 Å². The topological polar surface area (TPSA) is 20.2 Å². The van der Waals surface area contributed by atoms with Crippen molar-refractivity contribution < 1.29 is 9.50 Å². The second-order valence-electron chi connectivity index (χ2n) is 4.91. The molecule has 1 nitrogen and oxygen atoms in total. The van der Waals surface area contributed by atoms with E-state index in [9.17, 15) is 9.50 Å². The normalized spacial score (nSPS) is 20.3. The van der Waals surface area contributed by atoms with Gasteiger partial charge in [-0.3, -0.25) is 0 Å². The first kappa shape index (κ1) is 12.3. The number of hydrogen-bond acceptors (Lipinski definition) is 1. The summed E-state index contributed by atoms with van der Waals surface area (Å²) in [6.07, 6.45) is 7.54. The quantitative estimate of drug-likeness (QED) is 0.769. The van der Waals surface area contributed by atoms with Gasteiger partial charge in [0.2, 0.25) is 0 Å². The van der Waals surface area contributed by atoms with E-state index in [2.05, 4.69) is 6.08 Å². The summed E-state index contributed by atoms with van der Waals surface area (Å²) in [5.41, 5.74) is 0.637. The van der Waals surface area contributed by atoms with Crippen LogP contribution in [0.2, 0.25) is 0 Å². The van der Waals surface area contributed by atoms with E-state index in [1.54, 1.807) is 19.1 Å². The van der Waals surface area contributed by atoms with E-state index in [4.69, 9.17) is 0 Å². The van der Waals surface area contributed by atoms with Gasteiger partial charge in [0.1, 0.15) is 11.4 Å². The molecule has 0 bridgehead atoms. The lowest BCUT2D eigenvalue weighted by atomic mass is 9.85. The summed E-state index contributed by atoms with van der Waals surface area (Å²) in [7, 11) is 0. The van der Waals surface area contributed by atoms with Crippen molar-refractivity contribution in [1.29, 1.82) is 0 Å². The van der Waals surface area contributed by atoms with Crippen molar-refractivity contribution in [3.05, 3.63) is 47.3 Å². The zero-order chi connectivity index (χ0) is 12.3. The summed E-state index contributed by atoms with van der Waals surface area (Å²) in [5, 5.41) is 10.6. The van der Waals surface area contributed by atoms with Crippen molar-refractivity contribution >= 4 is 0 Å². The lowest BCUT2D eigenvalue weighted by Gasteiger charge is -2.27. The first-order chi connectivity index (χ1) is 8.10. The Morgan fingerprint density at radius 1 is 1.24 bits per heavy atom. The van der Waals surface area contributed by atoms with E-state index < -0.39 is 5.60 Å². The Bertz CT molecular complexity index is 421. The predicted molar refractivity (Wildman–Crippen MR) is 67.1 cm³/mol. The van der Waals surface area contributed by atoms with Crippen LogP contribution in [0.5, 0.6) is 0 Å². The molecule has 1 aliphatic rings. The second-order valence-corrected chi connectivity index (χ2v) is 4.91. The molecule has 0 aromatic heterocycles. The lowest BCUT2D eigenvalue weighted by molar-refractivity contribution is 0.0928. The maximum Gasteiger partial charge on any atom is 0.123 e. The molecule has 0 saturated heterocycles. The van der Waals surface area contributed by atoms with Crippen LogP contribution < -0.4 is 0 Å². The minimum Gasteiger partial charge on any atom is -0.381 e. The Kier molecular flexibility index (Phi) is 3.63. The molecular weight excluding hydrogens is 215 g/mol. The fraction of sp³-hybridized carbons (Fsp3) is 0.467. The highest BCUT2D eigenvalue weighted by Crippen LogP contribution is 2.34. The Morgan fingerprint density at radius 3 is 2.82 bits per heavy atom. The maximum atomic E-state index is 13.2. The third-order valence-electron chi connectivity index (χ3n) is 3.55. The fourth-order valence-corrected chi connectivity index (χ4v) is 2.43. The largest absolute Gasteiger partial charge is 0.381 e. The zero-order valence-corrected chi connectivity index (χ0v) is 10.2. The molecule has 0 spiro atoms. The monoisotopic (exact) mass is 234 g/mol. The number of allylic oxidation sites excluding steroid dienone is 1. The van der Waals surface area contributed by atoms with Gasteiger partial charge >= 0.3 is 0 Å². The number of hydrogen-bond donors (Lipinski definition) is 1. The van der Waals surface area contributed by atoms with E-state index in [-0.39, 0.29) is 5.82 Å². The molecule has 0 radical (unpaired) electrons. The van der Waals surface area contributed by atoms with Crippen LogP contribution in [0.4, 0.5) is 4.39 Å². The van der Waals surface area contributed by atoms with Gasteiger partial charge in [0, 0.05) is 0 Å². The predicted octanol–water partition coefficient (Wildman–Crippen LogP) is 3.92. The van der Waals surface area contributed by atoms with E-state index in [1.807, 2.05) is 0 Å². The zero-order valence-electron chi connectivity index (χ0n) is 10.2. The van der Waals surface area contributed by atoms with Gasteiger partial charge in [-0.25, -0.2) is 4.39 Å². The van der Waals surface area contributed by atoms with Gasteiger partial charge in [-0.1, -0.05) is 24.6 Å². The van der Waals surface area contributed by atoms with Crippen molar-refractivity contribution in [2.75, 3.05) is 0 Å². The summed E-state index contributed by atoms with van der Waals surface area (Å²) in [5.74, 6) is -0.294. The van der Waals surface area contributed by atoms with E-state index in [0.29, 0.717) is 5.56 Å². The van der Waals surface area contributed by atoms with Gasteiger partial charge in [0.25, 0.3) is 0 Å². The Morgan fingerprint density at radius 2 is 2.06 bits per heavy atom. The van der Waals surface area contributed by atoms with Crippen molar-refractivity contribution in [2.24, 2.45) is 0 Å². The average molecular weight is 234 g/mol. The number of halogens is 1. The Hall–Kier alpha value is -1.15. The van der Waals surface area contributed by atoms with Crippen molar-refractivity contribution in [1.82, 2.24) is 0 Å². The van der Waals surface area contributed by atoms with Gasteiger partial charge in [-0.15, -0.1) is 0 Å². The lowest BCUT2D eigenvalue weighted by Crippen LogP contribution is -2.24. The molecule has 92 valence electrons. The number of benzene rings is 1. The van der Waals surface area contributed by atoms with Crippen molar-refractivity contribution in [2.45, 2.75) is 44.6 Å². The van der Waals surface area contributed by atoms with Gasteiger partial charge in [-0.05, 0) is 55.9 Å². The molecule has 0 fully saturated rings. The standard InChI is InChI=1S/C15H19FO/c1-15(17,12-7-4-2-3-5-8-12)13-9-6-10-14(16)11-13/h6-7,9-11,17H,2-5,8H2,1H3. The summed E-state index contributed by atoms with van der Waals surface area (Å²) in [4.78, 5) is 0. The Balaban J connectivity index is 2.31. The molecule has 1 aromatic carbocycles. The minimum atomic E-state index is -1.04. The number of aliphatic hydroxyl groups is 1. The molecule has 17 heavy (non-hydrogen) atoms. The van der Waals surface area contributed by atoms with Gasteiger partial charge in [0.15, 0.2) is 0 Å². The molecule has 0 saturated carbocycles. The summed E-state index contributed by atoms with van der Waals surface area (Å²) < 4.78 is 13.2. The van der Waals surface area contributed by atoms with Crippen LogP contribution in [-0.2, 0) is 5.60 Å². The van der Waals surface area contributed by atoms with Crippen LogP contribution >= 0.6 is 0 Å². The third kappa shape index (κ3) is 2.75. The van der Waals surface area contributed by atoms with Crippen LogP contribution in [0, 0.1) is 5.82 Å². The summed E-state index contributed by atoms with van der Waals surface area (Å²) in [6, 6.07) is 6.26. The average Bonchev–Trinajstić information content (AvgIpc) is 2.58. The third-order valence-corrected chi connectivity index (χ3v) is 3.55. The smallest absolute Gasteiger partial charge is 0.123 e.